The molecule has 130 valence electrons. The van der Waals surface area contributed by atoms with Crippen LogP contribution in [0.15, 0.2) is 18.2 Å². The van der Waals surface area contributed by atoms with Crippen LogP contribution in [-0.2, 0) is 4.79 Å². The predicted octanol–water partition coefficient (Wildman–Crippen LogP) is 2.78. The lowest BCUT2D eigenvalue weighted by Gasteiger charge is -2.44. The molecule has 24 heavy (non-hydrogen) atoms. The van der Waals surface area contributed by atoms with E-state index in [9.17, 15) is 18.4 Å². The van der Waals surface area contributed by atoms with Crippen molar-refractivity contribution in [3.05, 3.63) is 35.4 Å². The van der Waals surface area contributed by atoms with Gasteiger partial charge in [0.25, 0.3) is 5.91 Å². The Morgan fingerprint density at radius 1 is 1.29 bits per heavy atom. The van der Waals surface area contributed by atoms with Crippen molar-refractivity contribution in [2.45, 2.75) is 51.1 Å². The lowest BCUT2D eigenvalue weighted by atomic mass is 9.70. The molecule has 1 aromatic rings. The topological polar surface area (TPSA) is 58.2 Å². The summed E-state index contributed by atoms with van der Waals surface area (Å²) in [6.45, 7) is 2.11. The van der Waals surface area contributed by atoms with Gasteiger partial charge in [0.05, 0.1) is 0 Å². The summed E-state index contributed by atoms with van der Waals surface area (Å²) in [5, 5.41) is 5.93. The lowest BCUT2D eigenvalue weighted by molar-refractivity contribution is -0.127. The fourth-order valence-electron chi connectivity index (χ4n) is 4.06. The number of benzene rings is 1. The second kappa shape index (κ2) is 6.87. The van der Waals surface area contributed by atoms with E-state index in [0.29, 0.717) is 24.7 Å². The Morgan fingerprint density at radius 2 is 2.08 bits per heavy atom. The minimum absolute atomic E-state index is 0.0669. The van der Waals surface area contributed by atoms with Crippen LogP contribution in [0.1, 0.15) is 49.4 Å². The highest BCUT2D eigenvalue weighted by atomic mass is 19.2. The van der Waals surface area contributed by atoms with Gasteiger partial charge in [-0.25, -0.2) is 8.78 Å². The number of amides is 2. The number of hydrogen-bond donors (Lipinski definition) is 2. The maximum atomic E-state index is 13.3. The molecule has 0 radical (unpaired) electrons. The van der Waals surface area contributed by atoms with E-state index >= 15 is 0 Å². The van der Waals surface area contributed by atoms with Crippen molar-refractivity contribution in [1.82, 2.24) is 10.6 Å². The van der Waals surface area contributed by atoms with Crippen LogP contribution in [0.5, 0.6) is 0 Å². The highest BCUT2D eigenvalue weighted by Crippen LogP contribution is 2.37. The third-order valence-electron chi connectivity index (χ3n) is 5.34. The minimum atomic E-state index is -1.03. The first-order valence-electron chi connectivity index (χ1n) is 8.53. The zero-order valence-electron chi connectivity index (χ0n) is 13.6. The summed E-state index contributed by atoms with van der Waals surface area (Å²) in [5.74, 6) is -1.46. The molecule has 0 aromatic heterocycles. The van der Waals surface area contributed by atoms with Crippen molar-refractivity contribution in [3.63, 3.8) is 0 Å². The Morgan fingerprint density at radius 3 is 2.79 bits per heavy atom. The average molecular weight is 336 g/mol. The van der Waals surface area contributed by atoms with Crippen LogP contribution in [-0.4, -0.2) is 23.9 Å². The monoisotopic (exact) mass is 336 g/mol. The molecule has 0 bridgehead atoms. The van der Waals surface area contributed by atoms with Gasteiger partial charge in [-0.05, 0) is 49.3 Å². The first-order chi connectivity index (χ1) is 11.5. The fourth-order valence-corrected chi connectivity index (χ4v) is 4.06. The van der Waals surface area contributed by atoms with Crippen molar-refractivity contribution >= 4 is 11.8 Å². The van der Waals surface area contributed by atoms with Gasteiger partial charge in [0.2, 0.25) is 5.91 Å². The van der Waals surface area contributed by atoms with Gasteiger partial charge in [-0.3, -0.25) is 9.59 Å². The number of carbonyl (C=O) groups is 2. The maximum absolute atomic E-state index is 13.3. The minimum Gasteiger partial charge on any atom is -0.353 e. The van der Waals surface area contributed by atoms with Crippen LogP contribution in [0, 0.1) is 23.5 Å². The molecule has 1 heterocycles. The molecule has 0 spiro atoms. The van der Waals surface area contributed by atoms with Crippen LogP contribution in [0.4, 0.5) is 8.78 Å². The van der Waals surface area contributed by atoms with Gasteiger partial charge in [-0.15, -0.1) is 0 Å². The fraction of sp³-hybridized carbons (Fsp3) is 0.556. The van der Waals surface area contributed by atoms with Crippen LogP contribution in [0.3, 0.4) is 0 Å². The van der Waals surface area contributed by atoms with Crippen LogP contribution in [0.25, 0.3) is 0 Å². The molecule has 2 fully saturated rings. The molecule has 4 atom stereocenters. The van der Waals surface area contributed by atoms with Crippen molar-refractivity contribution in [3.8, 4) is 0 Å². The second-order valence-electron chi connectivity index (χ2n) is 6.82. The lowest BCUT2D eigenvalue weighted by Crippen LogP contribution is -2.55. The Kier molecular flexibility index (Phi) is 4.83. The Balaban J connectivity index is 1.63. The van der Waals surface area contributed by atoms with E-state index in [1.54, 1.807) is 0 Å². The van der Waals surface area contributed by atoms with E-state index in [4.69, 9.17) is 0 Å². The molecule has 2 aliphatic rings. The average Bonchev–Trinajstić information content (AvgIpc) is 2.56. The van der Waals surface area contributed by atoms with Gasteiger partial charge in [-0.1, -0.05) is 13.3 Å². The van der Waals surface area contributed by atoms with E-state index in [1.807, 2.05) is 0 Å². The third-order valence-corrected chi connectivity index (χ3v) is 5.34. The number of fused-ring (bicyclic) bond motifs is 1. The number of piperidine rings is 1. The van der Waals surface area contributed by atoms with Gasteiger partial charge < -0.3 is 10.6 Å². The van der Waals surface area contributed by atoms with Crippen LogP contribution in [0.2, 0.25) is 0 Å². The highest BCUT2D eigenvalue weighted by Gasteiger charge is 2.40. The third kappa shape index (κ3) is 3.42. The van der Waals surface area contributed by atoms with Crippen molar-refractivity contribution < 1.29 is 18.4 Å². The summed E-state index contributed by atoms with van der Waals surface area (Å²) in [4.78, 5) is 24.1. The molecule has 2 N–H and O–H groups in total. The first-order valence-corrected chi connectivity index (χ1v) is 8.53. The van der Waals surface area contributed by atoms with Crippen LogP contribution >= 0.6 is 0 Å². The van der Waals surface area contributed by atoms with E-state index in [-0.39, 0.29) is 23.6 Å². The number of rotatable bonds is 3. The van der Waals surface area contributed by atoms with Gasteiger partial charge in [0.15, 0.2) is 11.6 Å². The molecule has 1 saturated carbocycles. The molecule has 1 aliphatic heterocycles. The number of nitrogens with one attached hydrogen (secondary N) is 2. The number of carbonyl (C=O) groups excluding carboxylic acids is 2. The molecule has 6 heteroatoms. The Labute approximate surface area is 140 Å². The summed E-state index contributed by atoms with van der Waals surface area (Å²) in [6.07, 6.45) is 4.04. The molecule has 1 aliphatic carbocycles. The number of halogens is 2. The van der Waals surface area contributed by atoms with Gasteiger partial charge in [0, 0.05) is 24.1 Å². The summed E-state index contributed by atoms with van der Waals surface area (Å²) in [6, 6.07) is 3.15. The van der Waals surface area contributed by atoms with Crippen molar-refractivity contribution in [2.24, 2.45) is 11.8 Å². The standard InChI is InChI=1S/C18H22F2N2O2/c1-2-10-8-17(23)22-16-9-12(4-5-13(10)16)21-18(24)11-3-6-14(19)15(20)7-11/h3,6-7,10,12-13,16H,2,4-5,8-9H2,1H3,(H,21,24)(H,22,23). The summed E-state index contributed by atoms with van der Waals surface area (Å²) >= 11 is 0. The second-order valence-corrected chi connectivity index (χ2v) is 6.82. The van der Waals surface area contributed by atoms with E-state index < -0.39 is 17.5 Å². The normalized spacial score (nSPS) is 29.5. The highest BCUT2D eigenvalue weighted by molar-refractivity contribution is 5.94. The molecular formula is C18H22F2N2O2. The Hall–Kier alpha value is -1.98. The molecular weight excluding hydrogens is 314 g/mol. The summed E-state index contributed by atoms with van der Waals surface area (Å²) < 4.78 is 26.2. The molecule has 2 amide bonds. The van der Waals surface area contributed by atoms with Crippen LogP contribution < -0.4 is 10.6 Å². The van der Waals surface area contributed by atoms with E-state index in [1.165, 1.54) is 6.07 Å². The predicted molar refractivity (Wildman–Crippen MR) is 85.3 cm³/mol. The van der Waals surface area contributed by atoms with Crippen molar-refractivity contribution in [2.75, 3.05) is 0 Å². The zero-order chi connectivity index (χ0) is 17.3. The molecule has 4 nitrogen and oxygen atoms in total. The molecule has 3 rings (SSSR count). The summed E-state index contributed by atoms with van der Waals surface area (Å²) in [7, 11) is 0. The largest absolute Gasteiger partial charge is 0.353 e. The van der Waals surface area contributed by atoms with Gasteiger partial charge >= 0.3 is 0 Å². The Bertz CT molecular complexity index is 650. The summed E-state index contributed by atoms with van der Waals surface area (Å²) in [5.41, 5.74) is 0.107. The zero-order valence-corrected chi connectivity index (χ0v) is 13.6. The van der Waals surface area contributed by atoms with E-state index in [2.05, 4.69) is 17.6 Å². The maximum Gasteiger partial charge on any atom is 0.251 e. The van der Waals surface area contributed by atoms with Gasteiger partial charge in [0.1, 0.15) is 0 Å². The molecule has 4 unspecified atom stereocenters. The van der Waals surface area contributed by atoms with E-state index in [0.717, 1.165) is 31.4 Å². The smallest absolute Gasteiger partial charge is 0.251 e. The molecule has 1 saturated heterocycles. The van der Waals surface area contributed by atoms with Gasteiger partial charge in [-0.2, -0.15) is 0 Å². The first kappa shape index (κ1) is 16.9. The number of hydrogen-bond acceptors (Lipinski definition) is 2. The molecule has 1 aromatic carbocycles. The van der Waals surface area contributed by atoms with Crippen molar-refractivity contribution in [1.29, 1.82) is 0 Å². The SMILES string of the molecule is CCC1CC(=O)NC2CC(NC(=O)c3ccc(F)c(F)c3)CCC12. The quantitative estimate of drug-likeness (QED) is 0.892.